The fourth-order valence-electron chi connectivity index (χ4n) is 2.50. The molecule has 2 rings (SSSR count). The molecule has 5 nitrogen and oxygen atoms in total. The molecule has 0 spiro atoms. The molecule has 1 fully saturated rings. The highest BCUT2D eigenvalue weighted by Crippen LogP contribution is 2.24. The van der Waals surface area contributed by atoms with Gasteiger partial charge in [0.25, 0.3) is 5.91 Å². The lowest BCUT2D eigenvalue weighted by atomic mass is 9.95. The van der Waals surface area contributed by atoms with E-state index in [-0.39, 0.29) is 11.8 Å². The largest absolute Gasteiger partial charge is 0.398 e. The van der Waals surface area contributed by atoms with Crippen molar-refractivity contribution in [1.29, 1.82) is 0 Å². The molecule has 1 saturated heterocycles. The average molecular weight is 275 g/mol. The number of rotatable bonds is 1. The summed E-state index contributed by atoms with van der Waals surface area (Å²) >= 11 is 0. The zero-order valence-electron chi connectivity index (χ0n) is 12.4. The fourth-order valence-corrected chi connectivity index (χ4v) is 2.50. The van der Waals surface area contributed by atoms with Gasteiger partial charge in [0.15, 0.2) is 0 Å². The number of carbonyl (C=O) groups excluding carboxylic acids is 2. The van der Waals surface area contributed by atoms with Crippen LogP contribution in [0.4, 0.5) is 5.69 Å². The molecule has 1 aromatic rings. The van der Waals surface area contributed by atoms with Gasteiger partial charge in [0, 0.05) is 24.3 Å². The van der Waals surface area contributed by atoms with E-state index in [2.05, 4.69) is 5.32 Å². The molecule has 3 N–H and O–H groups in total. The van der Waals surface area contributed by atoms with Gasteiger partial charge in [-0.3, -0.25) is 9.59 Å². The molecule has 0 aromatic heterocycles. The van der Waals surface area contributed by atoms with Crippen LogP contribution in [0.5, 0.6) is 0 Å². The lowest BCUT2D eigenvalue weighted by Crippen LogP contribution is -2.63. The monoisotopic (exact) mass is 275 g/mol. The minimum Gasteiger partial charge on any atom is -0.398 e. The molecular formula is C15H21N3O2. The highest BCUT2D eigenvalue weighted by molar-refractivity contribution is 6.01. The number of hydrogen-bond acceptors (Lipinski definition) is 3. The van der Waals surface area contributed by atoms with Crippen molar-refractivity contribution >= 4 is 17.5 Å². The second-order valence-corrected chi connectivity index (χ2v) is 5.80. The summed E-state index contributed by atoms with van der Waals surface area (Å²) < 4.78 is 0. The van der Waals surface area contributed by atoms with Gasteiger partial charge in [0.05, 0.1) is 0 Å². The predicted octanol–water partition coefficient (Wildman–Crippen LogP) is 1.24. The summed E-state index contributed by atoms with van der Waals surface area (Å²) in [5.74, 6) is -0.274. The van der Waals surface area contributed by atoms with E-state index < -0.39 is 5.54 Å². The number of nitrogen functional groups attached to an aromatic ring is 1. The number of benzene rings is 1. The number of anilines is 1. The normalized spacial score (nSPS) is 17.8. The van der Waals surface area contributed by atoms with Crippen LogP contribution in [-0.4, -0.2) is 35.3 Å². The van der Waals surface area contributed by atoms with Crippen molar-refractivity contribution < 1.29 is 9.59 Å². The standard InChI is InChI=1S/C15H21N3O2/c1-9-7-10(2)12(16)8-11(9)13(19)18-6-5-17-14(20)15(18,3)4/h7-8H,5-6,16H2,1-4H3,(H,17,20). The molecule has 1 aliphatic heterocycles. The van der Waals surface area contributed by atoms with Crippen molar-refractivity contribution in [3.63, 3.8) is 0 Å². The van der Waals surface area contributed by atoms with Gasteiger partial charge >= 0.3 is 0 Å². The third-order valence-electron chi connectivity index (χ3n) is 3.94. The molecule has 0 bridgehead atoms. The summed E-state index contributed by atoms with van der Waals surface area (Å²) in [5, 5.41) is 2.79. The van der Waals surface area contributed by atoms with Gasteiger partial charge < -0.3 is 16.0 Å². The minimum atomic E-state index is -0.846. The van der Waals surface area contributed by atoms with Crippen molar-refractivity contribution in [1.82, 2.24) is 10.2 Å². The molecule has 0 saturated carbocycles. The molecule has 2 amide bonds. The Labute approximate surface area is 119 Å². The van der Waals surface area contributed by atoms with E-state index in [1.54, 1.807) is 24.8 Å². The Morgan fingerprint density at radius 2 is 1.95 bits per heavy atom. The third-order valence-corrected chi connectivity index (χ3v) is 3.94. The van der Waals surface area contributed by atoms with Crippen LogP contribution < -0.4 is 11.1 Å². The summed E-state index contributed by atoms with van der Waals surface area (Å²) in [5.41, 5.74) is 8.05. The number of nitrogens with one attached hydrogen (secondary N) is 1. The quantitative estimate of drug-likeness (QED) is 0.757. The van der Waals surface area contributed by atoms with Gasteiger partial charge in [-0.05, 0) is 44.9 Å². The molecule has 5 heteroatoms. The first-order valence-electron chi connectivity index (χ1n) is 6.72. The van der Waals surface area contributed by atoms with E-state index in [1.165, 1.54) is 0 Å². The number of piperazine rings is 1. The maximum absolute atomic E-state index is 12.7. The van der Waals surface area contributed by atoms with Gasteiger partial charge in [-0.25, -0.2) is 0 Å². The van der Waals surface area contributed by atoms with E-state index in [9.17, 15) is 9.59 Å². The number of hydrogen-bond donors (Lipinski definition) is 2. The maximum atomic E-state index is 12.7. The first kappa shape index (κ1) is 14.4. The summed E-state index contributed by atoms with van der Waals surface area (Å²) in [4.78, 5) is 26.3. The van der Waals surface area contributed by atoms with E-state index >= 15 is 0 Å². The molecular weight excluding hydrogens is 254 g/mol. The zero-order chi connectivity index (χ0) is 15.1. The molecule has 1 heterocycles. The smallest absolute Gasteiger partial charge is 0.255 e. The Morgan fingerprint density at radius 3 is 2.60 bits per heavy atom. The number of nitrogens with two attached hydrogens (primary N) is 1. The van der Waals surface area contributed by atoms with Gasteiger partial charge in [-0.2, -0.15) is 0 Å². The number of carbonyl (C=O) groups is 2. The van der Waals surface area contributed by atoms with E-state index in [0.717, 1.165) is 11.1 Å². The third kappa shape index (κ3) is 2.24. The van der Waals surface area contributed by atoms with Crippen molar-refractivity contribution in [2.45, 2.75) is 33.2 Å². The maximum Gasteiger partial charge on any atom is 0.255 e. The molecule has 1 aromatic carbocycles. The zero-order valence-corrected chi connectivity index (χ0v) is 12.4. The molecule has 0 atom stereocenters. The molecule has 108 valence electrons. The molecule has 0 radical (unpaired) electrons. The Hall–Kier alpha value is -2.04. The van der Waals surface area contributed by atoms with Crippen LogP contribution in [0.15, 0.2) is 12.1 Å². The Kier molecular flexibility index (Phi) is 3.46. The second kappa shape index (κ2) is 4.81. The van der Waals surface area contributed by atoms with Crippen molar-refractivity contribution in [2.24, 2.45) is 0 Å². The predicted molar refractivity (Wildman–Crippen MR) is 78.5 cm³/mol. The van der Waals surface area contributed by atoms with Crippen LogP contribution in [0.3, 0.4) is 0 Å². The Balaban J connectivity index is 2.41. The van der Waals surface area contributed by atoms with Crippen molar-refractivity contribution in [3.05, 3.63) is 28.8 Å². The van der Waals surface area contributed by atoms with E-state index in [4.69, 9.17) is 5.73 Å². The topological polar surface area (TPSA) is 75.4 Å². The number of aryl methyl sites for hydroxylation is 2. The van der Waals surface area contributed by atoms with Crippen LogP contribution in [0, 0.1) is 13.8 Å². The van der Waals surface area contributed by atoms with Crippen LogP contribution in [-0.2, 0) is 4.79 Å². The van der Waals surface area contributed by atoms with Gasteiger partial charge in [-0.15, -0.1) is 0 Å². The average Bonchev–Trinajstić information content (AvgIpc) is 2.36. The summed E-state index contributed by atoms with van der Waals surface area (Å²) in [6.45, 7) is 8.29. The van der Waals surface area contributed by atoms with Crippen LogP contribution in [0.1, 0.15) is 35.3 Å². The van der Waals surface area contributed by atoms with E-state index in [1.807, 2.05) is 19.9 Å². The fraction of sp³-hybridized carbons (Fsp3) is 0.467. The number of amides is 2. The van der Waals surface area contributed by atoms with Gasteiger partial charge in [0.1, 0.15) is 5.54 Å². The van der Waals surface area contributed by atoms with E-state index in [0.29, 0.717) is 24.3 Å². The highest BCUT2D eigenvalue weighted by Gasteiger charge is 2.40. The molecule has 20 heavy (non-hydrogen) atoms. The van der Waals surface area contributed by atoms with Crippen molar-refractivity contribution in [2.75, 3.05) is 18.8 Å². The first-order valence-corrected chi connectivity index (χ1v) is 6.72. The lowest BCUT2D eigenvalue weighted by molar-refractivity contribution is -0.133. The summed E-state index contributed by atoms with van der Waals surface area (Å²) in [6.07, 6.45) is 0. The summed E-state index contributed by atoms with van der Waals surface area (Å²) in [6, 6.07) is 3.61. The Morgan fingerprint density at radius 1 is 1.30 bits per heavy atom. The van der Waals surface area contributed by atoms with Gasteiger partial charge in [-0.1, -0.05) is 6.07 Å². The second-order valence-electron chi connectivity index (χ2n) is 5.80. The SMILES string of the molecule is Cc1cc(C)c(C(=O)N2CCNC(=O)C2(C)C)cc1N. The molecule has 0 aliphatic carbocycles. The minimum absolute atomic E-state index is 0.130. The summed E-state index contributed by atoms with van der Waals surface area (Å²) in [7, 11) is 0. The van der Waals surface area contributed by atoms with Crippen LogP contribution in [0.25, 0.3) is 0 Å². The number of nitrogens with zero attached hydrogens (tertiary/aromatic N) is 1. The lowest BCUT2D eigenvalue weighted by Gasteiger charge is -2.41. The van der Waals surface area contributed by atoms with Crippen LogP contribution >= 0.6 is 0 Å². The van der Waals surface area contributed by atoms with Crippen LogP contribution in [0.2, 0.25) is 0 Å². The first-order chi connectivity index (χ1) is 9.25. The highest BCUT2D eigenvalue weighted by atomic mass is 16.2. The Bertz CT molecular complexity index is 579. The van der Waals surface area contributed by atoms with Gasteiger partial charge in [0.2, 0.25) is 5.91 Å². The van der Waals surface area contributed by atoms with Crippen molar-refractivity contribution in [3.8, 4) is 0 Å². The molecule has 0 unspecified atom stereocenters. The molecule has 1 aliphatic rings.